The lowest BCUT2D eigenvalue weighted by molar-refractivity contribution is -0.137. The quantitative estimate of drug-likeness (QED) is 0.774. The predicted molar refractivity (Wildman–Crippen MR) is 88.8 cm³/mol. The molecule has 4 rings (SSSR count). The van der Waals surface area contributed by atoms with Crippen LogP contribution in [0.4, 0.5) is 30.6 Å². The predicted octanol–water partition coefficient (Wildman–Crippen LogP) is 4.15. The number of rotatable bonds is 4. The number of fused-ring (bicyclic) bond motifs is 5. The number of nitrogens with zero attached hydrogens (tertiary/aromatic N) is 2. The summed E-state index contributed by atoms with van der Waals surface area (Å²) >= 11 is 0. The van der Waals surface area contributed by atoms with Crippen molar-refractivity contribution in [1.29, 1.82) is 0 Å². The molecule has 5 nitrogen and oxygen atoms in total. The lowest BCUT2D eigenvalue weighted by Gasteiger charge is -2.16. The second-order valence-corrected chi connectivity index (χ2v) is 6.30. The summed E-state index contributed by atoms with van der Waals surface area (Å²) in [5.74, 6) is -0.0746. The van der Waals surface area contributed by atoms with E-state index in [9.17, 15) is 13.2 Å². The number of anilines is 3. The van der Waals surface area contributed by atoms with Crippen molar-refractivity contribution >= 4 is 17.5 Å². The fourth-order valence-electron chi connectivity index (χ4n) is 3.59. The van der Waals surface area contributed by atoms with Crippen LogP contribution in [0.1, 0.15) is 48.5 Å². The lowest BCUT2D eigenvalue weighted by atomic mass is 9.91. The summed E-state index contributed by atoms with van der Waals surface area (Å²) in [6, 6.07) is 6.79. The molecule has 2 aliphatic heterocycles. The van der Waals surface area contributed by atoms with Crippen LogP contribution in [0.2, 0.25) is 0 Å². The Kier molecular flexibility index (Phi) is 3.79. The summed E-state index contributed by atoms with van der Waals surface area (Å²) in [5.41, 5.74) is 2.47. The molecule has 25 heavy (non-hydrogen) atoms. The summed E-state index contributed by atoms with van der Waals surface area (Å²) in [6.45, 7) is 2.06. The Morgan fingerprint density at radius 1 is 1.20 bits per heavy atom. The topological polar surface area (TPSA) is 61.9 Å². The summed E-state index contributed by atoms with van der Waals surface area (Å²) in [7, 11) is 0. The highest BCUT2D eigenvalue weighted by atomic mass is 19.4. The Morgan fingerprint density at radius 3 is 2.68 bits per heavy atom. The second-order valence-electron chi connectivity index (χ2n) is 6.30. The molecule has 1 aromatic heterocycles. The molecule has 8 heteroatoms. The zero-order chi connectivity index (χ0) is 17.6. The zero-order valence-electron chi connectivity index (χ0n) is 13.6. The normalized spacial score (nSPS) is 21.3. The maximum absolute atomic E-state index is 13.0. The van der Waals surface area contributed by atoms with Gasteiger partial charge in [-0.2, -0.15) is 18.2 Å². The first-order valence-electron chi connectivity index (χ1n) is 8.30. The minimum atomic E-state index is -4.49. The van der Waals surface area contributed by atoms with Crippen molar-refractivity contribution in [3.63, 3.8) is 0 Å². The van der Waals surface area contributed by atoms with E-state index in [0.29, 0.717) is 18.6 Å². The van der Waals surface area contributed by atoms with E-state index in [1.165, 1.54) is 11.1 Å². The molecular formula is C17H18F3N5. The minimum Gasteiger partial charge on any atom is -0.370 e. The average Bonchev–Trinajstić information content (AvgIpc) is 3.16. The van der Waals surface area contributed by atoms with Gasteiger partial charge in [-0.15, -0.1) is 0 Å². The molecule has 1 saturated heterocycles. The SMILES string of the molecule is CCNc1nc(Nc2ccc3c(c2)C2CCC3N2)ncc1C(F)(F)F. The first-order valence-corrected chi connectivity index (χ1v) is 8.30. The van der Waals surface area contributed by atoms with Gasteiger partial charge in [0.25, 0.3) is 0 Å². The van der Waals surface area contributed by atoms with Gasteiger partial charge in [-0.25, -0.2) is 4.98 Å². The number of hydrogen-bond acceptors (Lipinski definition) is 5. The van der Waals surface area contributed by atoms with Crippen molar-refractivity contribution < 1.29 is 13.2 Å². The van der Waals surface area contributed by atoms with Crippen molar-refractivity contribution in [1.82, 2.24) is 15.3 Å². The first kappa shape index (κ1) is 16.1. The molecule has 2 aromatic rings. The maximum atomic E-state index is 13.0. The van der Waals surface area contributed by atoms with Gasteiger partial charge in [0.2, 0.25) is 5.95 Å². The van der Waals surface area contributed by atoms with Crippen LogP contribution in [-0.4, -0.2) is 16.5 Å². The minimum absolute atomic E-state index is 0.139. The Hall–Kier alpha value is -2.35. The summed E-state index contributed by atoms with van der Waals surface area (Å²) in [6.07, 6.45) is -1.42. The van der Waals surface area contributed by atoms with Gasteiger partial charge in [-0.05, 0) is 43.0 Å². The number of benzene rings is 1. The fraction of sp³-hybridized carbons (Fsp3) is 0.412. The van der Waals surface area contributed by atoms with Gasteiger partial charge in [-0.3, -0.25) is 0 Å². The van der Waals surface area contributed by atoms with E-state index in [1.807, 2.05) is 12.1 Å². The average molecular weight is 349 g/mol. The molecule has 2 atom stereocenters. The molecule has 132 valence electrons. The van der Waals surface area contributed by atoms with Crippen LogP contribution in [0.5, 0.6) is 0 Å². The van der Waals surface area contributed by atoms with E-state index < -0.39 is 11.7 Å². The molecule has 3 N–H and O–H groups in total. The van der Waals surface area contributed by atoms with Gasteiger partial charge >= 0.3 is 6.18 Å². The molecule has 0 amide bonds. The van der Waals surface area contributed by atoms with Crippen LogP contribution >= 0.6 is 0 Å². The molecule has 1 fully saturated rings. The monoisotopic (exact) mass is 349 g/mol. The van der Waals surface area contributed by atoms with Crippen molar-refractivity contribution in [2.24, 2.45) is 0 Å². The van der Waals surface area contributed by atoms with Crippen molar-refractivity contribution in [2.75, 3.05) is 17.2 Å². The number of aromatic nitrogens is 2. The second kappa shape index (κ2) is 5.87. The zero-order valence-corrected chi connectivity index (χ0v) is 13.6. The van der Waals surface area contributed by atoms with Gasteiger partial charge in [0.1, 0.15) is 11.4 Å². The molecule has 0 aliphatic carbocycles. The van der Waals surface area contributed by atoms with Crippen LogP contribution < -0.4 is 16.0 Å². The van der Waals surface area contributed by atoms with Gasteiger partial charge in [-0.1, -0.05) is 6.07 Å². The number of nitrogens with one attached hydrogen (secondary N) is 3. The lowest BCUT2D eigenvalue weighted by Crippen LogP contribution is -2.14. The van der Waals surface area contributed by atoms with Gasteiger partial charge in [0, 0.05) is 30.5 Å². The molecule has 1 aromatic carbocycles. The fourth-order valence-corrected chi connectivity index (χ4v) is 3.59. The summed E-state index contributed by atoms with van der Waals surface area (Å²) < 4.78 is 39.1. The van der Waals surface area contributed by atoms with E-state index in [2.05, 4.69) is 32.0 Å². The van der Waals surface area contributed by atoms with E-state index in [1.54, 1.807) is 6.92 Å². The number of halogens is 3. The van der Waals surface area contributed by atoms with E-state index in [0.717, 1.165) is 24.7 Å². The largest absolute Gasteiger partial charge is 0.421 e. The first-order chi connectivity index (χ1) is 12.0. The maximum Gasteiger partial charge on any atom is 0.421 e. The van der Waals surface area contributed by atoms with E-state index in [-0.39, 0.29) is 11.8 Å². The third-order valence-corrected chi connectivity index (χ3v) is 4.68. The Bertz CT molecular complexity index is 805. The Morgan fingerprint density at radius 2 is 1.96 bits per heavy atom. The van der Waals surface area contributed by atoms with Crippen LogP contribution in [0.3, 0.4) is 0 Å². The highest BCUT2D eigenvalue weighted by molar-refractivity contribution is 5.60. The third-order valence-electron chi connectivity index (χ3n) is 4.68. The van der Waals surface area contributed by atoms with Crippen LogP contribution in [0.15, 0.2) is 24.4 Å². The van der Waals surface area contributed by atoms with Gasteiger partial charge in [0.15, 0.2) is 0 Å². The molecule has 2 bridgehead atoms. The molecule has 0 saturated carbocycles. The Labute approximate surface area is 143 Å². The highest BCUT2D eigenvalue weighted by Gasteiger charge is 2.36. The molecular weight excluding hydrogens is 331 g/mol. The third kappa shape index (κ3) is 2.90. The molecule has 0 spiro atoms. The smallest absolute Gasteiger partial charge is 0.370 e. The highest BCUT2D eigenvalue weighted by Crippen LogP contribution is 2.45. The van der Waals surface area contributed by atoms with Crippen molar-refractivity contribution in [2.45, 2.75) is 38.0 Å². The van der Waals surface area contributed by atoms with Gasteiger partial charge in [0.05, 0.1) is 0 Å². The molecule has 3 heterocycles. The standard InChI is InChI=1S/C17H18F3N5/c1-2-21-15-12(17(18,19)20)8-22-16(25-15)23-9-3-4-10-11(7-9)14-6-5-13(10)24-14/h3-4,7-8,13-14,24H,2,5-6H2,1H3,(H2,21,22,23,25). The van der Waals surface area contributed by atoms with Gasteiger partial charge < -0.3 is 16.0 Å². The number of alkyl halides is 3. The van der Waals surface area contributed by atoms with Crippen molar-refractivity contribution in [3.8, 4) is 0 Å². The summed E-state index contributed by atoms with van der Waals surface area (Å²) in [4.78, 5) is 7.82. The summed E-state index contributed by atoms with van der Waals surface area (Å²) in [5, 5.41) is 9.20. The molecule has 2 aliphatic rings. The van der Waals surface area contributed by atoms with Crippen molar-refractivity contribution in [3.05, 3.63) is 41.1 Å². The van der Waals surface area contributed by atoms with Crippen LogP contribution in [0, 0.1) is 0 Å². The molecule has 2 unspecified atom stereocenters. The van der Waals surface area contributed by atoms with E-state index >= 15 is 0 Å². The van der Waals surface area contributed by atoms with Crippen LogP contribution in [0.25, 0.3) is 0 Å². The number of hydrogen-bond donors (Lipinski definition) is 3. The van der Waals surface area contributed by atoms with E-state index in [4.69, 9.17) is 0 Å². The molecule has 0 radical (unpaired) electrons. The van der Waals surface area contributed by atoms with Crippen LogP contribution in [-0.2, 0) is 6.18 Å². The Balaban J connectivity index is 1.61.